The summed E-state index contributed by atoms with van der Waals surface area (Å²) < 4.78 is 5.26. The number of ether oxygens (including phenoxy) is 1. The average Bonchev–Trinajstić information content (AvgIpc) is 2.57. The van der Waals surface area contributed by atoms with E-state index in [-0.39, 0.29) is 19.1 Å². The summed E-state index contributed by atoms with van der Waals surface area (Å²) in [5.74, 6) is -0.207. The summed E-state index contributed by atoms with van der Waals surface area (Å²) in [6.45, 7) is -0.381. The Bertz CT molecular complexity index is 821. The Hall–Kier alpha value is -2.28. The molecular weight excluding hydrogens is 367 g/mol. The van der Waals surface area contributed by atoms with Gasteiger partial charge in [0, 0.05) is 15.6 Å². The van der Waals surface area contributed by atoms with Crippen molar-refractivity contribution in [2.45, 2.75) is 6.04 Å². The number of fused-ring (bicyclic) bond motifs is 1. The van der Waals surface area contributed by atoms with Gasteiger partial charge in [-0.25, -0.2) is 0 Å². The topological polar surface area (TPSA) is 87.7 Å². The van der Waals surface area contributed by atoms with E-state index in [1.165, 1.54) is 6.07 Å². The summed E-state index contributed by atoms with van der Waals surface area (Å²) in [6.07, 6.45) is 0. The summed E-state index contributed by atoms with van der Waals surface area (Å²) in [5.41, 5.74) is 1.33. The molecule has 1 atom stereocenters. The third-order valence-electron chi connectivity index (χ3n) is 3.65. The van der Waals surface area contributed by atoms with E-state index >= 15 is 0 Å². The lowest BCUT2D eigenvalue weighted by Crippen LogP contribution is -2.31. The molecule has 0 aromatic heterocycles. The van der Waals surface area contributed by atoms with Gasteiger partial charge in [-0.3, -0.25) is 9.59 Å². The van der Waals surface area contributed by atoms with E-state index in [1.54, 1.807) is 30.3 Å². The van der Waals surface area contributed by atoms with Crippen LogP contribution in [-0.2, 0) is 4.79 Å². The van der Waals surface area contributed by atoms with Crippen molar-refractivity contribution in [3.8, 4) is 5.75 Å². The molecule has 6 nitrogen and oxygen atoms in total. The quantitative estimate of drug-likeness (QED) is 0.760. The number of aliphatic hydroxyl groups is 1. The van der Waals surface area contributed by atoms with Crippen molar-refractivity contribution >= 4 is 40.7 Å². The SMILES string of the molecule is O=C1COc2ccc(C(=O)NC(CO)c3cc(Cl)cc(Cl)c3)cc2N1. The van der Waals surface area contributed by atoms with Crippen molar-refractivity contribution in [3.05, 3.63) is 57.6 Å². The molecule has 3 N–H and O–H groups in total. The summed E-state index contributed by atoms with van der Waals surface area (Å²) in [7, 11) is 0. The Balaban J connectivity index is 1.80. The van der Waals surface area contributed by atoms with Gasteiger partial charge in [-0.05, 0) is 42.0 Å². The number of carbonyl (C=O) groups excluding carboxylic acids is 2. The number of carbonyl (C=O) groups is 2. The van der Waals surface area contributed by atoms with Gasteiger partial charge in [-0.2, -0.15) is 0 Å². The summed E-state index contributed by atoms with van der Waals surface area (Å²) in [4.78, 5) is 23.9. The van der Waals surface area contributed by atoms with Crippen molar-refractivity contribution in [1.29, 1.82) is 0 Å². The number of hydrogen-bond acceptors (Lipinski definition) is 4. The van der Waals surface area contributed by atoms with Crippen molar-refractivity contribution in [2.75, 3.05) is 18.5 Å². The highest BCUT2D eigenvalue weighted by Crippen LogP contribution is 2.29. The molecule has 8 heteroatoms. The zero-order valence-electron chi connectivity index (χ0n) is 12.9. The number of rotatable bonds is 4. The highest BCUT2D eigenvalue weighted by molar-refractivity contribution is 6.34. The van der Waals surface area contributed by atoms with E-state index in [4.69, 9.17) is 27.9 Å². The Morgan fingerprint density at radius 1 is 1.24 bits per heavy atom. The predicted molar refractivity (Wildman–Crippen MR) is 94.3 cm³/mol. The minimum absolute atomic E-state index is 0.0549. The molecule has 25 heavy (non-hydrogen) atoms. The first-order valence-electron chi connectivity index (χ1n) is 7.40. The molecule has 2 aromatic rings. The fourth-order valence-electron chi connectivity index (χ4n) is 2.48. The lowest BCUT2D eigenvalue weighted by molar-refractivity contribution is -0.118. The highest BCUT2D eigenvalue weighted by Gasteiger charge is 2.20. The number of aliphatic hydroxyl groups excluding tert-OH is 1. The second-order valence-electron chi connectivity index (χ2n) is 5.46. The first-order valence-corrected chi connectivity index (χ1v) is 8.16. The lowest BCUT2D eigenvalue weighted by Gasteiger charge is -2.20. The fourth-order valence-corrected chi connectivity index (χ4v) is 3.02. The van der Waals surface area contributed by atoms with Crippen LogP contribution in [0.2, 0.25) is 10.0 Å². The van der Waals surface area contributed by atoms with E-state index in [2.05, 4.69) is 10.6 Å². The molecule has 1 aliphatic rings. The number of anilines is 1. The third kappa shape index (κ3) is 4.04. The highest BCUT2D eigenvalue weighted by atomic mass is 35.5. The van der Waals surface area contributed by atoms with Crippen LogP contribution in [-0.4, -0.2) is 30.1 Å². The second kappa shape index (κ2) is 7.31. The zero-order chi connectivity index (χ0) is 18.0. The molecule has 0 saturated heterocycles. The number of hydrogen-bond donors (Lipinski definition) is 3. The van der Waals surface area contributed by atoms with Gasteiger partial charge in [0.15, 0.2) is 6.61 Å². The van der Waals surface area contributed by atoms with Crippen molar-refractivity contribution in [2.24, 2.45) is 0 Å². The molecule has 0 radical (unpaired) electrons. The van der Waals surface area contributed by atoms with E-state index in [0.717, 1.165) is 0 Å². The first kappa shape index (κ1) is 17.5. The van der Waals surface area contributed by atoms with Crippen LogP contribution >= 0.6 is 23.2 Å². The van der Waals surface area contributed by atoms with Crippen LogP contribution in [0, 0.1) is 0 Å². The Labute approximate surface area is 153 Å². The van der Waals surface area contributed by atoms with Crippen LogP contribution in [0.1, 0.15) is 22.0 Å². The molecule has 0 spiro atoms. The van der Waals surface area contributed by atoms with Gasteiger partial charge in [0.25, 0.3) is 11.8 Å². The Morgan fingerprint density at radius 3 is 2.64 bits per heavy atom. The molecule has 0 saturated carbocycles. The number of benzene rings is 2. The maximum absolute atomic E-state index is 12.5. The van der Waals surface area contributed by atoms with Gasteiger partial charge in [0.2, 0.25) is 0 Å². The normalized spacial score (nSPS) is 14.1. The minimum Gasteiger partial charge on any atom is -0.482 e. The van der Waals surface area contributed by atoms with E-state index in [1.807, 2.05) is 0 Å². The van der Waals surface area contributed by atoms with Gasteiger partial charge < -0.3 is 20.5 Å². The van der Waals surface area contributed by atoms with E-state index in [9.17, 15) is 14.7 Å². The Kier molecular flexibility index (Phi) is 5.13. The fraction of sp³-hybridized carbons (Fsp3) is 0.176. The molecule has 1 aliphatic heterocycles. The molecular formula is C17H14Cl2N2O4. The molecule has 130 valence electrons. The molecule has 1 unspecified atom stereocenters. The summed E-state index contributed by atoms with van der Waals surface area (Å²) in [6, 6.07) is 8.82. The van der Waals surface area contributed by atoms with Crippen LogP contribution in [0.3, 0.4) is 0 Å². The molecule has 0 aliphatic carbocycles. The molecule has 0 fully saturated rings. The maximum atomic E-state index is 12.5. The number of amides is 2. The molecule has 2 aromatic carbocycles. The molecule has 0 bridgehead atoms. The predicted octanol–water partition coefficient (Wildman–Crippen LogP) is 2.79. The average molecular weight is 381 g/mol. The number of halogens is 2. The molecule has 1 heterocycles. The minimum atomic E-state index is -0.675. The molecule has 2 amide bonds. The third-order valence-corrected chi connectivity index (χ3v) is 4.09. The van der Waals surface area contributed by atoms with Crippen molar-refractivity contribution in [1.82, 2.24) is 5.32 Å². The van der Waals surface area contributed by atoms with Crippen LogP contribution < -0.4 is 15.4 Å². The summed E-state index contributed by atoms with van der Waals surface area (Å²) in [5, 5.41) is 15.8. The summed E-state index contributed by atoms with van der Waals surface area (Å²) >= 11 is 11.9. The maximum Gasteiger partial charge on any atom is 0.262 e. The lowest BCUT2D eigenvalue weighted by atomic mass is 10.1. The van der Waals surface area contributed by atoms with Gasteiger partial charge in [0.05, 0.1) is 18.3 Å². The van der Waals surface area contributed by atoms with Gasteiger partial charge in [0.1, 0.15) is 5.75 Å². The zero-order valence-corrected chi connectivity index (χ0v) is 14.4. The number of nitrogens with one attached hydrogen (secondary N) is 2. The largest absolute Gasteiger partial charge is 0.482 e. The van der Waals surface area contributed by atoms with Gasteiger partial charge >= 0.3 is 0 Å². The van der Waals surface area contributed by atoms with Gasteiger partial charge in [-0.1, -0.05) is 23.2 Å². The van der Waals surface area contributed by atoms with Crippen LogP contribution in [0.5, 0.6) is 5.75 Å². The molecule has 3 rings (SSSR count). The van der Waals surface area contributed by atoms with Crippen molar-refractivity contribution < 1.29 is 19.4 Å². The van der Waals surface area contributed by atoms with E-state index < -0.39 is 11.9 Å². The van der Waals surface area contributed by atoms with E-state index in [0.29, 0.717) is 32.6 Å². The van der Waals surface area contributed by atoms with Crippen LogP contribution in [0.25, 0.3) is 0 Å². The van der Waals surface area contributed by atoms with Crippen molar-refractivity contribution in [3.63, 3.8) is 0 Å². The standard InChI is InChI=1S/C17H14Cl2N2O4/c18-11-3-10(4-12(19)6-11)14(7-22)21-17(24)9-1-2-15-13(5-9)20-16(23)8-25-15/h1-6,14,22H,7-8H2,(H,20,23)(H,21,24). The van der Waals surface area contributed by atoms with Crippen LogP contribution in [0.15, 0.2) is 36.4 Å². The van der Waals surface area contributed by atoms with Crippen LogP contribution in [0.4, 0.5) is 5.69 Å². The first-order chi connectivity index (χ1) is 12.0. The monoisotopic (exact) mass is 380 g/mol. The second-order valence-corrected chi connectivity index (χ2v) is 6.33. The van der Waals surface area contributed by atoms with Gasteiger partial charge in [-0.15, -0.1) is 0 Å². The smallest absolute Gasteiger partial charge is 0.262 e. The Morgan fingerprint density at radius 2 is 1.96 bits per heavy atom.